The number of alkyl halides is 1. The molecule has 2 saturated heterocycles. The predicted octanol–water partition coefficient (Wildman–Crippen LogP) is 1.68. The van der Waals surface area contributed by atoms with Crippen LogP contribution in [0.4, 0.5) is 4.39 Å². The Morgan fingerprint density at radius 2 is 2.53 bits per heavy atom. The number of hydrogen-bond donors (Lipinski definition) is 0. The van der Waals surface area contributed by atoms with Crippen molar-refractivity contribution in [3.8, 4) is 0 Å². The molecule has 2 aliphatic heterocycles. The Kier molecular flexibility index (Phi) is 3.28. The molecule has 0 spiro atoms. The minimum atomic E-state index is -0.462. The lowest BCUT2D eigenvalue weighted by Crippen LogP contribution is -2.31. The van der Waals surface area contributed by atoms with E-state index in [2.05, 4.69) is 12.0 Å². The predicted molar refractivity (Wildman–Crippen MR) is 73.0 cm³/mol. The average molecular weight is 283 g/mol. The smallest absolute Gasteiger partial charge is 0.257 e. The zero-order valence-electron chi connectivity index (χ0n) is 11.0. The molecule has 1 aromatic rings. The van der Waals surface area contributed by atoms with Crippen molar-refractivity contribution in [1.29, 1.82) is 0 Å². The van der Waals surface area contributed by atoms with E-state index in [1.54, 1.807) is 12.4 Å². The van der Waals surface area contributed by atoms with Gasteiger partial charge in [-0.3, -0.25) is 9.48 Å². The molecule has 0 aliphatic carbocycles. The Labute approximate surface area is 116 Å². The fourth-order valence-corrected chi connectivity index (χ4v) is 4.69. The van der Waals surface area contributed by atoms with Crippen LogP contribution < -0.4 is 0 Å². The van der Waals surface area contributed by atoms with Crippen LogP contribution in [0.1, 0.15) is 17.3 Å². The van der Waals surface area contributed by atoms with Crippen molar-refractivity contribution < 1.29 is 9.18 Å². The van der Waals surface area contributed by atoms with Crippen molar-refractivity contribution in [2.24, 2.45) is 11.3 Å². The Morgan fingerprint density at radius 3 is 3.26 bits per heavy atom. The number of hydrogen-bond acceptors (Lipinski definition) is 3. The molecule has 3 rings (SSSR count). The first-order valence-corrected chi connectivity index (χ1v) is 7.73. The summed E-state index contributed by atoms with van der Waals surface area (Å²) >= 11 is 1.99. The number of aryl methyl sites for hydroxylation is 1. The van der Waals surface area contributed by atoms with E-state index in [9.17, 15) is 9.18 Å². The average Bonchev–Trinajstić information content (AvgIpc) is 3.02. The van der Waals surface area contributed by atoms with Gasteiger partial charge in [0, 0.05) is 25.0 Å². The number of halogens is 1. The van der Waals surface area contributed by atoms with Crippen molar-refractivity contribution in [3.63, 3.8) is 0 Å². The second-order valence-corrected chi connectivity index (χ2v) is 6.76. The molecule has 0 saturated carbocycles. The van der Waals surface area contributed by atoms with Gasteiger partial charge in [-0.25, -0.2) is 4.39 Å². The van der Waals surface area contributed by atoms with E-state index in [-0.39, 0.29) is 17.9 Å². The number of aromatic nitrogens is 2. The molecule has 1 aromatic heterocycles. The zero-order chi connectivity index (χ0) is 13.5. The summed E-state index contributed by atoms with van der Waals surface area (Å²) in [5.74, 6) is 2.94. The maximum Gasteiger partial charge on any atom is 0.257 e. The first-order valence-electron chi connectivity index (χ1n) is 6.58. The van der Waals surface area contributed by atoms with E-state index in [0.29, 0.717) is 11.5 Å². The van der Waals surface area contributed by atoms with Gasteiger partial charge < -0.3 is 4.90 Å². The van der Waals surface area contributed by atoms with Gasteiger partial charge in [-0.2, -0.15) is 16.9 Å². The summed E-state index contributed by atoms with van der Waals surface area (Å²) in [5, 5.41) is 4.01. The Balaban J connectivity index is 1.71. The molecule has 0 radical (unpaired) electrons. The molecule has 0 bridgehead atoms. The molecular weight excluding hydrogens is 265 g/mol. The molecule has 3 heterocycles. The summed E-state index contributed by atoms with van der Waals surface area (Å²) in [7, 11) is 0. The van der Waals surface area contributed by atoms with Crippen molar-refractivity contribution >= 4 is 17.7 Å². The molecule has 104 valence electrons. The fraction of sp³-hybridized carbons (Fsp3) is 0.692. The molecule has 0 unspecified atom stereocenters. The second kappa shape index (κ2) is 4.81. The van der Waals surface area contributed by atoms with Crippen LogP contribution in [-0.4, -0.2) is 51.9 Å². The van der Waals surface area contributed by atoms with Crippen molar-refractivity contribution in [2.45, 2.75) is 13.5 Å². The normalized spacial score (nSPS) is 29.8. The molecule has 2 atom stereocenters. The summed E-state index contributed by atoms with van der Waals surface area (Å²) in [6, 6.07) is 0. The third kappa shape index (κ3) is 2.26. The molecule has 4 nitrogen and oxygen atoms in total. The molecule has 0 aromatic carbocycles. The number of carbonyl (C=O) groups is 1. The maximum absolute atomic E-state index is 12.4. The van der Waals surface area contributed by atoms with Crippen molar-refractivity contribution in [2.75, 3.05) is 31.3 Å². The van der Waals surface area contributed by atoms with Crippen molar-refractivity contribution in [3.05, 3.63) is 18.0 Å². The van der Waals surface area contributed by atoms with Crippen LogP contribution in [0.5, 0.6) is 0 Å². The number of thioether (sulfide) groups is 1. The third-order valence-corrected chi connectivity index (χ3v) is 5.71. The van der Waals surface area contributed by atoms with Gasteiger partial charge in [0.2, 0.25) is 0 Å². The summed E-state index contributed by atoms with van der Waals surface area (Å²) in [4.78, 5) is 14.3. The molecule has 1 amide bonds. The van der Waals surface area contributed by atoms with E-state index in [1.165, 1.54) is 4.68 Å². The van der Waals surface area contributed by atoms with E-state index in [1.807, 2.05) is 16.7 Å². The topological polar surface area (TPSA) is 38.1 Å². The highest BCUT2D eigenvalue weighted by Crippen LogP contribution is 2.46. The molecule has 2 fully saturated rings. The summed E-state index contributed by atoms with van der Waals surface area (Å²) in [5.41, 5.74) is 0.847. The number of fused-ring (bicyclic) bond motifs is 1. The molecule has 19 heavy (non-hydrogen) atoms. The quantitative estimate of drug-likeness (QED) is 0.847. The molecular formula is C13H18FN3OS. The fourth-order valence-electron chi connectivity index (χ4n) is 2.99. The highest BCUT2D eigenvalue weighted by Gasteiger charge is 2.47. The number of likely N-dealkylation sites (tertiary alicyclic amines) is 1. The second-order valence-electron chi connectivity index (χ2n) is 5.73. The van der Waals surface area contributed by atoms with Crippen LogP contribution in [0.3, 0.4) is 0 Å². The van der Waals surface area contributed by atoms with Gasteiger partial charge in [0.05, 0.1) is 18.3 Å². The number of carbonyl (C=O) groups excluding carboxylic acids is 1. The minimum Gasteiger partial charge on any atom is -0.338 e. The van der Waals surface area contributed by atoms with Crippen LogP contribution in [0, 0.1) is 11.3 Å². The summed E-state index contributed by atoms with van der Waals surface area (Å²) < 4.78 is 13.7. The summed E-state index contributed by atoms with van der Waals surface area (Å²) in [6.07, 6.45) is 3.19. The van der Waals surface area contributed by atoms with E-state index in [4.69, 9.17) is 0 Å². The van der Waals surface area contributed by atoms with E-state index in [0.717, 1.165) is 24.6 Å². The van der Waals surface area contributed by atoms with Crippen molar-refractivity contribution in [1.82, 2.24) is 14.7 Å². The first kappa shape index (κ1) is 13.0. The van der Waals surface area contributed by atoms with E-state index >= 15 is 0 Å². The maximum atomic E-state index is 12.4. The van der Waals surface area contributed by atoms with Gasteiger partial charge in [-0.05, 0) is 17.1 Å². The van der Waals surface area contributed by atoms with E-state index < -0.39 is 6.67 Å². The molecule has 6 heteroatoms. The van der Waals surface area contributed by atoms with Crippen LogP contribution in [0.25, 0.3) is 0 Å². The number of nitrogens with zero attached hydrogens (tertiary/aromatic N) is 3. The number of rotatable bonds is 3. The Hall–Kier alpha value is -1.04. The first-order chi connectivity index (χ1) is 9.12. The van der Waals surface area contributed by atoms with Gasteiger partial charge in [-0.1, -0.05) is 6.92 Å². The van der Waals surface area contributed by atoms with Gasteiger partial charge in [-0.15, -0.1) is 0 Å². The van der Waals surface area contributed by atoms with Gasteiger partial charge in [0.1, 0.15) is 6.67 Å². The monoisotopic (exact) mass is 283 g/mol. The van der Waals surface area contributed by atoms with Gasteiger partial charge in [0.25, 0.3) is 5.91 Å². The highest BCUT2D eigenvalue weighted by molar-refractivity contribution is 7.99. The lowest BCUT2D eigenvalue weighted by Gasteiger charge is -2.21. The Morgan fingerprint density at radius 1 is 1.68 bits per heavy atom. The van der Waals surface area contributed by atoms with Crippen LogP contribution in [-0.2, 0) is 6.54 Å². The largest absolute Gasteiger partial charge is 0.338 e. The van der Waals surface area contributed by atoms with Crippen LogP contribution >= 0.6 is 11.8 Å². The van der Waals surface area contributed by atoms with Gasteiger partial charge >= 0.3 is 0 Å². The molecule has 2 aliphatic rings. The standard InChI is InChI=1S/C13H18FN3OS/c1-13-8-16(6-11(13)7-19-9-13)12(18)10-4-15-17(5-10)3-2-14/h4-5,11H,2-3,6-9H2,1H3/t11-,13+/m1/s1. The summed E-state index contributed by atoms with van der Waals surface area (Å²) in [6.45, 7) is 3.70. The van der Waals surface area contributed by atoms with Crippen LogP contribution in [0.2, 0.25) is 0 Å². The number of amides is 1. The molecule has 0 N–H and O–H groups in total. The SMILES string of the molecule is C[C@]12CSC[C@H]1CN(C(=O)c1cnn(CCF)c1)C2. The lowest BCUT2D eigenvalue weighted by molar-refractivity contribution is 0.0777. The highest BCUT2D eigenvalue weighted by atomic mass is 32.2. The minimum absolute atomic E-state index is 0.0331. The Bertz CT molecular complexity index is 492. The van der Waals surface area contributed by atoms with Gasteiger partial charge in [0.15, 0.2) is 0 Å². The zero-order valence-corrected chi connectivity index (χ0v) is 11.8. The lowest BCUT2D eigenvalue weighted by atomic mass is 9.84. The van der Waals surface area contributed by atoms with Crippen LogP contribution in [0.15, 0.2) is 12.4 Å². The third-order valence-electron chi connectivity index (χ3n) is 4.21.